The molecule has 90 valence electrons. The van der Waals surface area contributed by atoms with Gasteiger partial charge in [0.05, 0.1) is 0 Å². The second-order valence-electron chi connectivity index (χ2n) is 4.83. The van der Waals surface area contributed by atoms with E-state index in [1.807, 2.05) is 0 Å². The van der Waals surface area contributed by atoms with Gasteiger partial charge in [-0.1, -0.05) is 20.3 Å². The predicted octanol–water partition coefficient (Wildman–Crippen LogP) is 2.79. The summed E-state index contributed by atoms with van der Waals surface area (Å²) in [7, 11) is 0. The summed E-state index contributed by atoms with van der Waals surface area (Å²) in [5.41, 5.74) is 3.03. The van der Waals surface area contributed by atoms with Crippen molar-refractivity contribution in [2.75, 3.05) is 11.5 Å². The van der Waals surface area contributed by atoms with Crippen LogP contribution in [-0.2, 0) is 0 Å². The van der Waals surface area contributed by atoms with Crippen molar-refractivity contribution in [1.82, 2.24) is 5.43 Å². The number of hydrogen-bond donors (Lipinski definition) is 2. The van der Waals surface area contributed by atoms with Gasteiger partial charge in [0.15, 0.2) is 0 Å². The van der Waals surface area contributed by atoms with E-state index in [9.17, 15) is 0 Å². The fraction of sp³-hybridized carbons (Fsp3) is 1.00. The molecule has 0 bridgehead atoms. The lowest BCUT2D eigenvalue weighted by Crippen LogP contribution is -2.41. The normalized spacial score (nSPS) is 22.6. The van der Waals surface area contributed by atoms with Crippen LogP contribution in [0.3, 0.4) is 0 Å². The first kappa shape index (κ1) is 13.3. The average Bonchev–Trinajstić information content (AvgIpc) is 2.27. The molecular formula is C12H26N2S. The van der Waals surface area contributed by atoms with Gasteiger partial charge in [-0.05, 0) is 49.0 Å². The first-order valence-corrected chi connectivity index (χ1v) is 7.47. The summed E-state index contributed by atoms with van der Waals surface area (Å²) in [5, 5.41) is 0. The summed E-state index contributed by atoms with van der Waals surface area (Å²) < 4.78 is 0. The molecule has 0 aromatic heterocycles. The zero-order valence-electron chi connectivity index (χ0n) is 10.2. The summed E-state index contributed by atoms with van der Waals surface area (Å²) in [6.07, 6.45) is 6.61. The lowest BCUT2D eigenvalue weighted by Gasteiger charge is -2.29. The maximum atomic E-state index is 5.67. The Bertz CT molecular complexity index is 158. The Morgan fingerprint density at radius 3 is 2.60 bits per heavy atom. The molecule has 0 radical (unpaired) electrons. The van der Waals surface area contributed by atoms with Gasteiger partial charge in [0.1, 0.15) is 0 Å². The van der Waals surface area contributed by atoms with Crippen molar-refractivity contribution >= 4 is 11.8 Å². The zero-order valence-corrected chi connectivity index (χ0v) is 11.0. The Hall–Kier alpha value is 0.270. The third-order valence-electron chi connectivity index (χ3n) is 3.57. The molecule has 1 fully saturated rings. The Labute approximate surface area is 98.7 Å². The van der Waals surface area contributed by atoms with Gasteiger partial charge in [-0.15, -0.1) is 0 Å². The first-order chi connectivity index (χ1) is 7.27. The van der Waals surface area contributed by atoms with E-state index in [1.54, 1.807) is 0 Å². The minimum absolute atomic E-state index is 0.526. The van der Waals surface area contributed by atoms with E-state index in [1.165, 1.54) is 43.6 Å². The molecule has 3 N–H and O–H groups in total. The van der Waals surface area contributed by atoms with Gasteiger partial charge in [0.25, 0.3) is 0 Å². The minimum Gasteiger partial charge on any atom is -0.271 e. The van der Waals surface area contributed by atoms with Crippen LogP contribution in [0.4, 0.5) is 0 Å². The Kier molecular flexibility index (Phi) is 6.69. The van der Waals surface area contributed by atoms with Crippen LogP contribution in [-0.4, -0.2) is 17.5 Å². The van der Waals surface area contributed by atoms with Crippen LogP contribution in [0.25, 0.3) is 0 Å². The molecule has 0 spiro atoms. The second kappa shape index (κ2) is 7.53. The summed E-state index contributed by atoms with van der Waals surface area (Å²) >= 11 is 2.10. The third kappa shape index (κ3) is 4.75. The fourth-order valence-corrected chi connectivity index (χ4v) is 3.67. The van der Waals surface area contributed by atoms with Crippen LogP contribution in [0.1, 0.15) is 46.0 Å². The molecule has 0 amide bonds. The van der Waals surface area contributed by atoms with E-state index >= 15 is 0 Å². The van der Waals surface area contributed by atoms with Crippen LogP contribution in [0.5, 0.6) is 0 Å². The number of thioether (sulfide) groups is 1. The molecule has 15 heavy (non-hydrogen) atoms. The predicted molar refractivity (Wildman–Crippen MR) is 69.8 cm³/mol. The topological polar surface area (TPSA) is 38.0 Å². The summed E-state index contributed by atoms with van der Waals surface area (Å²) in [6.45, 7) is 4.58. The van der Waals surface area contributed by atoms with Gasteiger partial charge < -0.3 is 0 Å². The molecule has 1 aliphatic rings. The smallest absolute Gasteiger partial charge is 0.0238 e. The van der Waals surface area contributed by atoms with Crippen molar-refractivity contribution in [3.05, 3.63) is 0 Å². The molecule has 1 heterocycles. The van der Waals surface area contributed by atoms with Crippen molar-refractivity contribution in [3.63, 3.8) is 0 Å². The van der Waals surface area contributed by atoms with Crippen molar-refractivity contribution in [2.45, 2.75) is 52.0 Å². The van der Waals surface area contributed by atoms with E-state index in [0.29, 0.717) is 6.04 Å². The quantitative estimate of drug-likeness (QED) is 0.544. The molecular weight excluding hydrogens is 204 g/mol. The van der Waals surface area contributed by atoms with Gasteiger partial charge >= 0.3 is 0 Å². The number of rotatable bonds is 6. The van der Waals surface area contributed by atoms with E-state index < -0.39 is 0 Å². The average molecular weight is 230 g/mol. The van der Waals surface area contributed by atoms with Crippen molar-refractivity contribution < 1.29 is 0 Å². The molecule has 1 aliphatic heterocycles. The highest BCUT2D eigenvalue weighted by atomic mass is 32.2. The number of nitrogens with two attached hydrogens (primary N) is 1. The first-order valence-electron chi connectivity index (χ1n) is 6.31. The molecule has 0 saturated carbocycles. The van der Waals surface area contributed by atoms with Gasteiger partial charge in [-0.3, -0.25) is 11.3 Å². The van der Waals surface area contributed by atoms with E-state index in [0.717, 1.165) is 11.8 Å². The van der Waals surface area contributed by atoms with Crippen LogP contribution >= 0.6 is 11.8 Å². The highest BCUT2D eigenvalue weighted by Gasteiger charge is 2.21. The van der Waals surface area contributed by atoms with E-state index in [4.69, 9.17) is 5.84 Å². The second-order valence-corrected chi connectivity index (χ2v) is 6.06. The van der Waals surface area contributed by atoms with Gasteiger partial charge in [-0.25, -0.2) is 0 Å². The molecule has 1 rings (SSSR count). The SMILES string of the molecule is CCCC(C)C(CC1CCSCC1)NN. The summed E-state index contributed by atoms with van der Waals surface area (Å²) in [4.78, 5) is 0. The lowest BCUT2D eigenvalue weighted by molar-refractivity contribution is 0.285. The van der Waals surface area contributed by atoms with Crippen LogP contribution in [0.2, 0.25) is 0 Å². The van der Waals surface area contributed by atoms with E-state index in [-0.39, 0.29) is 0 Å². The Balaban J connectivity index is 2.30. The maximum absolute atomic E-state index is 5.67. The standard InChI is InChI=1S/C12H26N2S/c1-3-4-10(2)12(14-13)9-11-5-7-15-8-6-11/h10-12,14H,3-9,13H2,1-2H3. The number of hydrazine groups is 1. The molecule has 3 heteroatoms. The highest BCUT2D eigenvalue weighted by Crippen LogP contribution is 2.28. The molecule has 0 aliphatic carbocycles. The number of hydrogen-bond acceptors (Lipinski definition) is 3. The van der Waals surface area contributed by atoms with Crippen molar-refractivity contribution in [3.8, 4) is 0 Å². The third-order valence-corrected chi connectivity index (χ3v) is 4.62. The minimum atomic E-state index is 0.526. The Morgan fingerprint density at radius 1 is 1.40 bits per heavy atom. The van der Waals surface area contributed by atoms with Crippen LogP contribution < -0.4 is 11.3 Å². The van der Waals surface area contributed by atoms with Crippen LogP contribution in [0, 0.1) is 11.8 Å². The monoisotopic (exact) mass is 230 g/mol. The molecule has 2 nitrogen and oxygen atoms in total. The highest BCUT2D eigenvalue weighted by molar-refractivity contribution is 7.99. The van der Waals surface area contributed by atoms with E-state index in [2.05, 4.69) is 31.0 Å². The largest absolute Gasteiger partial charge is 0.271 e. The molecule has 0 aromatic carbocycles. The zero-order chi connectivity index (χ0) is 11.1. The molecule has 2 unspecified atom stereocenters. The van der Waals surface area contributed by atoms with Crippen molar-refractivity contribution in [2.24, 2.45) is 17.7 Å². The molecule has 2 atom stereocenters. The maximum Gasteiger partial charge on any atom is 0.0238 e. The number of nitrogens with one attached hydrogen (secondary N) is 1. The van der Waals surface area contributed by atoms with Gasteiger partial charge in [0, 0.05) is 6.04 Å². The summed E-state index contributed by atoms with van der Waals surface area (Å²) in [5.74, 6) is 9.99. The molecule has 1 saturated heterocycles. The van der Waals surface area contributed by atoms with Gasteiger partial charge in [0.2, 0.25) is 0 Å². The Morgan fingerprint density at radius 2 is 2.07 bits per heavy atom. The van der Waals surface area contributed by atoms with Crippen LogP contribution in [0.15, 0.2) is 0 Å². The summed E-state index contributed by atoms with van der Waals surface area (Å²) in [6, 6.07) is 0.526. The fourth-order valence-electron chi connectivity index (χ4n) is 2.46. The van der Waals surface area contributed by atoms with Gasteiger partial charge in [-0.2, -0.15) is 11.8 Å². The molecule has 0 aromatic rings. The van der Waals surface area contributed by atoms with Crippen molar-refractivity contribution in [1.29, 1.82) is 0 Å². The lowest BCUT2D eigenvalue weighted by atomic mass is 9.87.